The molecule has 0 bridgehead atoms. The van der Waals surface area contributed by atoms with Gasteiger partial charge in [0, 0.05) is 13.1 Å². The van der Waals surface area contributed by atoms with Crippen LogP contribution >= 0.6 is 23.7 Å². The number of carbonyl (C=O) groups excluding carboxylic acids is 1. The highest BCUT2D eigenvalue weighted by Crippen LogP contribution is 2.29. The fraction of sp³-hybridized carbons (Fsp3) is 0.261. The summed E-state index contributed by atoms with van der Waals surface area (Å²) in [6.45, 7) is 7.07. The predicted molar refractivity (Wildman–Crippen MR) is 129 cm³/mol. The van der Waals surface area contributed by atoms with E-state index in [0.29, 0.717) is 29.2 Å². The Labute approximate surface area is 190 Å². The molecule has 2 aromatic carbocycles. The fourth-order valence-electron chi connectivity index (χ4n) is 3.41. The van der Waals surface area contributed by atoms with E-state index in [1.165, 1.54) is 17.6 Å². The highest BCUT2D eigenvalue weighted by molar-refractivity contribution is 7.22. The summed E-state index contributed by atoms with van der Waals surface area (Å²) in [4.78, 5) is 35.0. The highest BCUT2D eigenvalue weighted by Gasteiger charge is 2.25. The van der Waals surface area contributed by atoms with Gasteiger partial charge >= 0.3 is 0 Å². The molecule has 6 nitrogen and oxygen atoms in total. The van der Waals surface area contributed by atoms with Crippen LogP contribution in [0.2, 0.25) is 0 Å². The Balaban J connectivity index is 0.00000272. The number of rotatable bonds is 7. The Hall–Kier alpha value is -2.74. The number of para-hydroxylation sites is 2. The summed E-state index contributed by atoms with van der Waals surface area (Å²) in [5.74, 6) is -0.388. The van der Waals surface area contributed by atoms with E-state index in [0.717, 1.165) is 23.3 Å². The minimum absolute atomic E-state index is 0. The Morgan fingerprint density at radius 2 is 1.74 bits per heavy atom. The number of hydrogen-bond donors (Lipinski definition) is 0. The van der Waals surface area contributed by atoms with Gasteiger partial charge in [0.05, 0.1) is 15.6 Å². The van der Waals surface area contributed by atoms with Gasteiger partial charge in [-0.2, -0.15) is 0 Å². The second-order valence-electron chi connectivity index (χ2n) is 6.92. The molecule has 0 saturated carbocycles. The van der Waals surface area contributed by atoms with Crippen molar-refractivity contribution in [2.75, 3.05) is 31.1 Å². The molecule has 4 aromatic rings. The van der Waals surface area contributed by atoms with Crippen molar-refractivity contribution in [1.82, 2.24) is 9.88 Å². The first-order chi connectivity index (χ1) is 14.6. The van der Waals surface area contributed by atoms with Crippen LogP contribution in [0, 0.1) is 0 Å². The molecule has 31 heavy (non-hydrogen) atoms. The van der Waals surface area contributed by atoms with Crippen LogP contribution in [0.5, 0.6) is 0 Å². The van der Waals surface area contributed by atoms with Gasteiger partial charge in [0.1, 0.15) is 17.4 Å². The van der Waals surface area contributed by atoms with Crippen molar-refractivity contribution in [2.24, 2.45) is 0 Å². The number of benzene rings is 2. The van der Waals surface area contributed by atoms with Crippen molar-refractivity contribution in [3.8, 4) is 0 Å². The molecule has 0 unspecified atom stereocenters. The zero-order valence-electron chi connectivity index (χ0n) is 17.4. The van der Waals surface area contributed by atoms with Crippen molar-refractivity contribution in [2.45, 2.75) is 13.8 Å². The van der Waals surface area contributed by atoms with Crippen LogP contribution in [0.1, 0.15) is 24.2 Å². The van der Waals surface area contributed by atoms with Crippen molar-refractivity contribution < 1.29 is 9.21 Å². The number of anilines is 1. The van der Waals surface area contributed by atoms with Gasteiger partial charge in [-0.15, -0.1) is 12.4 Å². The number of carbonyl (C=O) groups is 1. The summed E-state index contributed by atoms with van der Waals surface area (Å²) in [7, 11) is 0. The molecule has 0 atom stereocenters. The molecule has 0 aliphatic rings. The molecule has 2 aromatic heterocycles. The summed E-state index contributed by atoms with van der Waals surface area (Å²) in [6.07, 6.45) is 1.27. The first kappa shape index (κ1) is 22.9. The van der Waals surface area contributed by atoms with Gasteiger partial charge in [0.25, 0.3) is 5.91 Å². The molecule has 162 valence electrons. The zero-order chi connectivity index (χ0) is 21.1. The molecule has 0 radical (unpaired) electrons. The van der Waals surface area contributed by atoms with Gasteiger partial charge in [0.2, 0.25) is 5.43 Å². The Morgan fingerprint density at radius 3 is 2.48 bits per heavy atom. The van der Waals surface area contributed by atoms with Crippen LogP contribution in [0.4, 0.5) is 5.13 Å². The van der Waals surface area contributed by atoms with Crippen molar-refractivity contribution in [1.29, 1.82) is 0 Å². The maximum atomic E-state index is 13.5. The number of fused-ring (bicyclic) bond motifs is 2. The number of halogens is 1. The van der Waals surface area contributed by atoms with Gasteiger partial charge in [-0.25, -0.2) is 4.98 Å². The minimum atomic E-state index is -0.388. The zero-order valence-corrected chi connectivity index (χ0v) is 19.0. The molecule has 0 spiro atoms. The normalized spacial score (nSPS) is 11.1. The van der Waals surface area contributed by atoms with Crippen LogP contribution in [0.15, 0.2) is 64.0 Å². The Bertz CT molecular complexity index is 1220. The van der Waals surface area contributed by atoms with E-state index in [2.05, 4.69) is 23.7 Å². The summed E-state index contributed by atoms with van der Waals surface area (Å²) in [5.41, 5.74) is 1.00. The van der Waals surface area contributed by atoms with Crippen molar-refractivity contribution in [3.63, 3.8) is 0 Å². The molecule has 8 heteroatoms. The maximum absolute atomic E-state index is 13.5. The van der Waals surface area contributed by atoms with Crippen LogP contribution in [0.3, 0.4) is 0 Å². The van der Waals surface area contributed by atoms with Crippen LogP contribution in [0.25, 0.3) is 21.2 Å². The number of nitrogens with zero attached hydrogens (tertiary/aromatic N) is 3. The third-order valence-corrected chi connectivity index (χ3v) is 6.26. The van der Waals surface area contributed by atoms with Gasteiger partial charge in [-0.3, -0.25) is 14.5 Å². The van der Waals surface area contributed by atoms with Crippen LogP contribution in [-0.2, 0) is 0 Å². The molecule has 0 aliphatic carbocycles. The van der Waals surface area contributed by atoms with Gasteiger partial charge < -0.3 is 9.32 Å². The number of aromatic nitrogens is 1. The average Bonchev–Trinajstić information content (AvgIpc) is 3.21. The summed E-state index contributed by atoms with van der Waals surface area (Å²) in [6, 6.07) is 14.7. The van der Waals surface area contributed by atoms with E-state index in [1.54, 1.807) is 29.2 Å². The molecule has 0 N–H and O–H groups in total. The molecule has 0 saturated heterocycles. The first-order valence-corrected chi connectivity index (χ1v) is 10.8. The quantitative estimate of drug-likeness (QED) is 0.398. The summed E-state index contributed by atoms with van der Waals surface area (Å²) >= 11 is 1.45. The number of hydrogen-bond acceptors (Lipinski definition) is 6. The van der Waals surface area contributed by atoms with E-state index in [4.69, 9.17) is 4.42 Å². The first-order valence-electron chi connectivity index (χ1n) is 10.0. The topological polar surface area (TPSA) is 66.7 Å². The van der Waals surface area contributed by atoms with E-state index in [9.17, 15) is 9.59 Å². The summed E-state index contributed by atoms with van der Waals surface area (Å²) < 4.78 is 6.58. The van der Waals surface area contributed by atoms with Gasteiger partial charge in [-0.05, 0) is 37.4 Å². The molecule has 4 rings (SSSR count). The minimum Gasteiger partial charge on any atom is -0.463 e. The maximum Gasteiger partial charge on any atom is 0.267 e. The average molecular weight is 458 g/mol. The largest absolute Gasteiger partial charge is 0.463 e. The van der Waals surface area contributed by atoms with Gasteiger partial charge in [-0.1, -0.05) is 49.4 Å². The predicted octanol–water partition coefficient (Wildman–Crippen LogP) is 4.81. The van der Waals surface area contributed by atoms with E-state index in [1.807, 2.05) is 24.3 Å². The molecule has 2 heterocycles. The van der Waals surface area contributed by atoms with Crippen LogP contribution in [-0.4, -0.2) is 42.0 Å². The van der Waals surface area contributed by atoms with E-state index in [-0.39, 0.29) is 29.3 Å². The third-order valence-electron chi connectivity index (χ3n) is 5.20. The standard InChI is InChI=1S/C23H23N3O3S.ClH/c1-3-25(4-2)13-14-26(23-24-18-10-6-8-12-20(18)30-23)22(28)17-15-29-19-11-7-5-9-16(19)21(17)27;/h5-12,15H,3-4,13-14H2,1-2H3;1H. The van der Waals surface area contributed by atoms with Crippen LogP contribution < -0.4 is 10.3 Å². The van der Waals surface area contributed by atoms with Gasteiger partial charge in [0.15, 0.2) is 5.13 Å². The summed E-state index contributed by atoms with van der Waals surface area (Å²) in [5, 5.41) is 0.984. The number of amides is 1. The Morgan fingerprint density at radius 1 is 1.03 bits per heavy atom. The lowest BCUT2D eigenvalue weighted by molar-refractivity contribution is 0.0981. The van der Waals surface area contributed by atoms with Crippen molar-refractivity contribution >= 4 is 56.0 Å². The lowest BCUT2D eigenvalue weighted by atomic mass is 10.1. The lowest BCUT2D eigenvalue weighted by Gasteiger charge is -2.24. The number of thiazole rings is 1. The van der Waals surface area contributed by atoms with Crippen molar-refractivity contribution in [3.05, 3.63) is 70.6 Å². The third kappa shape index (κ3) is 4.63. The number of likely N-dealkylation sites (N-methyl/N-ethyl adjacent to an activating group) is 1. The molecule has 0 fully saturated rings. The molecular weight excluding hydrogens is 434 g/mol. The monoisotopic (exact) mass is 457 g/mol. The molecular formula is C23H24ClN3O3S. The molecule has 1 amide bonds. The smallest absolute Gasteiger partial charge is 0.267 e. The highest BCUT2D eigenvalue weighted by atomic mass is 35.5. The second kappa shape index (κ2) is 10.0. The Kier molecular flexibility index (Phi) is 7.43. The molecule has 0 aliphatic heterocycles. The second-order valence-corrected chi connectivity index (χ2v) is 7.93. The lowest BCUT2D eigenvalue weighted by Crippen LogP contribution is -2.40. The fourth-order valence-corrected chi connectivity index (χ4v) is 4.40. The van der Waals surface area contributed by atoms with E-state index >= 15 is 0 Å². The van der Waals surface area contributed by atoms with E-state index < -0.39 is 0 Å². The SMILES string of the molecule is CCN(CC)CCN(C(=O)c1coc2ccccc2c1=O)c1nc2ccccc2s1.Cl.